The fourth-order valence-electron chi connectivity index (χ4n) is 3.45. The zero-order valence-electron chi connectivity index (χ0n) is 16.3. The normalized spacial score (nSPS) is 14.1. The number of methoxy groups -OCH3 is 1. The Morgan fingerprint density at radius 2 is 1.77 bits per heavy atom. The summed E-state index contributed by atoms with van der Waals surface area (Å²) in [6.07, 6.45) is 4.99. The third-order valence-corrected chi connectivity index (χ3v) is 5.81. The molecule has 1 aliphatic rings. The van der Waals surface area contributed by atoms with Gasteiger partial charge in [-0.15, -0.1) is 0 Å². The van der Waals surface area contributed by atoms with Crippen molar-refractivity contribution in [3.63, 3.8) is 0 Å². The summed E-state index contributed by atoms with van der Waals surface area (Å²) < 4.78 is 6.60. The molecule has 156 valence electrons. The molecular formula is C20H20Cl2N6O2. The minimum atomic E-state index is -0.0116. The van der Waals surface area contributed by atoms with E-state index in [1.807, 2.05) is 23.1 Å². The lowest BCUT2D eigenvalue weighted by molar-refractivity contribution is -0.132. The lowest BCUT2D eigenvalue weighted by Gasteiger charge is -2.37. The third kappa shape index (κ3) is 4.20. The number of hydrogen-bond donors (Lipinski definition) is 0. The topological polar surface area (TPSA) is 76.4 Å². The van der Waals surface area contributed by atoms with Gasteiger partial charge in [0.05, 0.1) is 13.4 Å². The van der Waals surface area contributed by atoms with Crippen LogP contribution in [0.2, 0.25) is 10.3 Å². The van der Waals surface area contributed by atoms with Gasteiger partial charge in [0.2, 0.25) is 5.91 Å². The highest BCUT2D eigenvalue weighted by Crippen LogP contribution is 2.31. The highest BCUT2D eigenvalue weighted by molar-refractivity contribution is 6.40. The van der Waals surface area contributed by atoms with Crippen LogP contribution in [0.3, 0.4) is 0 Å². The van der Waals surface area contributed by atoms with E-state index in [1.165, 1.54) is 6.33 Å². The number of nitrogens with zero attached hydrogens (tertiary/aromatic N) is 6. The number of benzene rings is 1. The van der Waals surface area contributed by atoms with Gasteiger partial charge in [-0.25, -0.2) is 15.0 Å². The second kappa shape index (κ2) is 8.89. The molecule has 3 heterocycles. The van der Waals surface area contributed by atoms with Crippen molar-refractivity contribution in [1.82, 2.24) is 24.4 Å². The Bertz CT molecular complexity index is 1030. The number of carbonyl (C=O) groups excluding carboxylic acids is 1. The van der Waals surface area contributed by atoms with Gasteiger partial charge < -0.3 is 19.1 Å². The maximum atomic E-state index is 12.6. The van der Waals surface area contributed by atoms with Crippen molar-refractivity contribution in [2.75, 3.05) is 38.2 Å². The first-order chi connectivity index (χ1) is 14.6. The van der Waals surface area contributed by atoms with Crippen LogP contribution in [-0.2, 0) is 11.3 Å². The van der Waals surface area contributed by atoms with Crippen LogP contribution in [0.15, 0.2) is 43.0 Å². The van der Waals surface area contributed by atoms with E-state index in [0.29, 0.717) is 19.1 Å². The maximum absolute atomic E-state index is 12.6. The van der Waals surface area contributed by atoms with E-state index in [0.717, 1.165) is 29.9 Å². The van der Waals surface area contributed by atoms with Crippen LogP contribution in [0.5, 0.6) is 6.01 Å². The van der Waals surface area contributed by atoms with E-state index in [9.17, 15) is 4.79 Å². The van der Waals surface area contributed by atoms with Gasteiger partial charge in [-0.05, 0) is 6.07 Å². The molecule has 0 aliphatic carbocycles. The summed E-state index contributed by atoms with van der Waals surface area (Å²) in [5.74, 6) is -0.0116. The van der Waals surface area contributed by atoms with E-state index in [4.69, 9.17) is 27.9 Å². The van der Waals surface area contributed by atoms with Gasteiger partial charge in [0.15, 0.2) is 5.15 Å². The fraction of sp³-hybridized carbons (Fsp3) is 0.300. The quantitative estimate of drug-likeness (QED) is 0.599. The predicted octanol–water partition coefficient (Wildman–Crippen LogP) is 3.00. The van der Waals surface area contributed by atoms with Gasteiger partial charge in [-0.3, -0.25) is 4.79 Å². The first kappa shape index (κ1) is 20.4. The van der Waals surface area contributed by atoms with Crippen molar-refractivity contribution in [3.05, 3.63) is 53.3 Å². The van der Waals surface area contributed by atoms with Crippen LogP contribution in [0.25, 0.3) is 11.1 Å². The Morgan fingerprint density at radius 3 is 2.40 bits per heavy atom. The first-order valence-corrected chi connectivity index (χ1v) is 10.2. The molecule has 3 aromatic rings. The number of anilines is 1. The highest BCUT2D eigenvalue weighted by Gasteiger charge is 2.24. The number of amides is 1. The highest BCUT2D eigenvalue weighted by atomic mass is 35.5. The van der Waals surface area contributed by atoms with Gasteiger partial charge in [-0.1, -0.05) is 41.4 Å². The standard InChI is InChI=1S/C20H20Cl2N6O2/c1-30-20-23-10-14(11-24-20)15-4-2-3-5-16(15)26-6-8-27(9-7-26)17(29)12-28-13-25-18(21)19(28)22/h2-5,10-11,13H,6-9,12H2,1H3. The van der Waals surface area contributed by atoms with Crippen molar-refractivity contribution < 1.29 is 9.53 Å². The Hall–Kier alpha value is -2.84. The molecule has 2 aromatic heterocycles. The molecule has 0 unspecified atom stereocenters. The van der Waals surface area contributed by atoms with E-state index >= 15 is 0 Å². The molecule has 1 amide bonds. The van der Waals surface area contributed by atoms with Crippen molar-refractivity contribution in [1.29, 1.82) is 0 Å². The summed E-state index contributed by atoms with van der Waals surface area (Å²) in [7, 11) is 1.54. The van der Waals surface area contributed by atoms with Crippen molar-refractivity contribution >= 4 is 34.8 Å². The first-order valence-electron chi connectivity index (χ1n) is 9.41. The molecule has 1 aliphatic heterocycles. The van der Waals surface area contributed by atoms with Crippen molar-refractivity contribution in [2.45, 2.75) is 6.54 Å². The SMILES string of the molecule is COc1ncc(-c2ccccc2N2CCN(C(=O)Cn3cnc(Cl)c3Cl)CC2)cn1. The number of imidazole rings is 1. The number of hydrogen-bond acceptors (Lipinski definition) is 6. The van der Waals surface area contributed by atoms with Gasteiger partial charge in [0, 0.05) is 55.4 Å². The minimum absolute atomic E-state index is 0.0116. The number of rotatable bonds is 5. The van der Waals surface area contributed by atoms with Crippen LogP contribution >= 0.6 is 23.2 Å². The summed E-state index contributed by atoms with van der Waals surface area (Å²) in [4.78, 5) is 29.1. The lowest BCUT2D eigenvalue weighted by atomic mass is 10.1. The Labute approximate surface area is 184 Å². The average Bonchev–Trinajstić information content (AvgIpc) is 3.11. The molecular weight excluding hydrogens is 427 g/mol. The summed E-state index contributed by atoms with van der Waals surface area (Å²) in [5, 5.41) is 0.479. The number of carbonyl (C=O) groups is 1. The lowest BCUT2D eigenvalue weighted by Crippen LogP contribution is -2.49. The van der Waals surface area contributed by atoms with Crippen LogP contribution in [0.4, 0.5) is 5.69 Å². The monoisotopic (exact) mass is 446 g/mol. The predicted molar refractivity (Wildman–Crippen MR) is 115 cm³/mol. The third-order valence-electron chi connectivity index (χ3n) is 5.04. The van der Waals surface area contributed by atoms with Gasteiger partial charge in [0.25, 0.3) is 0 Å². The molecule has 0 bridgehead atoms. The summed E-state index contributed by atoms with van der Waals surface area (Å²) in [5.41, 5.74) is 3.04. The van der Waals surface area contributed by atoms with Crippen LogP contribution in [0.1, 0.15) is 0 Å². The Morgan fingerprint density at radius 1 is 1.07 bits per heavy atom. The molecule has 0 radical (unpaired) electrons. The molecule has 10 heteroatoms. The largest absolute Gasteiger partial charge is 0.467 e. The minimum Gasteiger partial charge on any atom is -0.467 e. The van der Waals surface area contributed by atoms with E-state index in [1.54, 1.807) is 24.1 Å². The van der Waals surface area contributed by atoms with Gasteiger partial charge in [-0.2, -0.15) is 0 Å². The van der Waals surface area contributed by atoms with E-state index < -0.39 is 0 Å². The second-order valence-electron chi connectivity index (χ2n) is 6.80. The molecule has 8 nitrogen and oxygen atoms in total. The van der Waals surface area contributed by atoms with Crippen LogP contribution in [-0.4, -0.2) is 63.6 Å². The maximum Gasteiger partial charge on any atom is 0.316 e. The van der Waals surface area contributed by atoms with Crippen molar-refractivity contribution in [3.8, 4) is 17.1 Å². The van der Waals surface area contributed by atoms with Crippen molar-refractivity contribution in [2.24, 2.45) is 0 Å². The number of ether oxygens (including phenoxy) is 1. The molecule has 0 spiro atoms. The zero-order chi connectivity index (χ0) is 21.1. The molecule has 0 saturated carbocycles. The molecule has 1 saturated heterocycles. The van der Waals surface area contributed by atoms with E-state index in [2.05, 4.69) is 25.9 Å². The smallest absolute Gasteiger partial charge is 0.316 e. The number of para-hydroxylation sites is 1. The van der Waals surface area contributed by atoms with Gasteiger partial charge >= 0.3 is 6.01 Å². The summed E-state index contributed by atoms with van der Waals surface area (Å²) >= 11 is 11.9. The van der Waals surface area contributed by atoms with Gasteiger partial charge in [0.1, 0.15) is 11.7 Å². The van der Waals surface area contributed by atoms with Crippen LogP contribution < -0.4 is 9.64 Å². The molecule has 1 aromatic carbocycles. The zero-order valence-corrected chi connectivity index (χ0v) is 17.8. The average molecular weight is 447 g/mol. The molecule has 4 rings (SSSR count). The molecule has 0 atom stereocenters. The number of aromatic nitrogens is 4. The Kier molecular flexibility index (Phi) is 6.06. The Balaban J connectivity index is 1.44. The van der Waals surface area contributed by atoms with E-state index in [-0.39, 0.29) is 22.8 Å². The van der Waals surface area contributed by atoms with Crippen LogP contribution in [0, 0.1) is 0 Å². The molecule has 1 fully saturated rings. The summed E-state index contributed by atoms with van der Waals surface area (Å²) in [6, 6.07) is 8.45. The number of piperazine rings is 1. The number of halogens is 2. The molecule has 0 N–H and O–H groups in total. The summed E-state index contributed by atoms with van der Waals surface area (Å²) in [6.45, 7) is 2.80. The molecule has 30 heavy (non-hydrogen) atoms. The second-order valence-corrected chi connectivity index (χ2v) is 7.51. The fourth-order valence-corrected chi connectivity index (χ4v) is 3.75.